The van der Waals surface area contributed by atoms with Crippen LogP contribution >= 0.6 is 11.3 Å². The maximum Gasteiger partial charge on any atom is 0.493 e. The Bertz CT molecular complexity index is 1470. The van der Waals surface area contributed by atoms with Crippen LogP contribution in [0.2, 0.25) is 0 Å². The lowest BCUT2D eigenvalue weighted by Crippen LogP contribution is -2.65. The van der Waals surface area contributed by atoms with Crippen LogP contribution in [0.25, 0.3) is 15.8 Å². The molecule has 3 aliphatic rings. The number of nitrogens with zero attached hydrogens (tertiary/aromatic N) is 3. The van der Waals surface area contributed by atoms with Gasteiger partial charge in [0.05, 0.1) is 10.2 Å². The van der Waals surface area contributed by atoms with E-state index < -0.39 is 24.3 Å². The Balaban J connectivity index is 1.31. The number of benzene rings is 2. The minimum Gasteiger partial charge on any atom is -0.364 e. The van der Waals surface area contributed by atoms with Crippen molar-refractivity contribution in [3.05, 3.63) is 71.0 Å². The molecule has 3 aliphatic heterocycles. The van der Waals surface area contributed by atoms with Gasteiger partial charge in [0.15, 0.2) is 12.1 Å². The average molecular weight is 630 g/mol. The Morgan fingerprint density at radius 1 is 1.05 bits per heavy atom. The fourth-order valence-electron chi connectivity index (χ4n) is 5.75. The van der Waals surface area contributed by atoms with E-state index in [1.54, 1.807) is 6.07 Å². The fourth-order valence-corrected chi connectivity index (χ4v) is 6.76. The number of rotatable bonds is 8. The molecule has 1 aromatic heterocycles. The maximum atomic E-state index is 13.8. The normalized spacial score (nSPS) is 22.2. The number of hydrogen-bond acceptors (Lipinski definition) is 10. The second-order valence-corrected chi connectivity index (χ2v) is 12.2. The van der Waals surface area contributed by atoms with Gasteiger partial charge in [0.2, 0.25) is 0 Å². The van der Waals surface area contributed by atoms with Crippen LogP contribution < -0.4 is 21.3 Å². The van der Waals surface area contributed by atoms with E-state index in [2.05, 4.69) is 26.3 Å². The maximum absolute atomic E-state index is 13.8. The molecule has 4 N–H and O–H groups in total. The topological polar surface area (TPSA) is 111 Å². The first-order valence-corrected chi connectivity index (χ1v) is 15.6. The van der Waals surface area contributed by atoms with E-state index >= 15 is 0 Å². The summed E-state index contributed by atoms with van der Waals surface area (Å²) in [6, 6.07) is 17.3. The molecular weight excluding hydrogens is 595 g/mol. The molecule has 44 heavy (non-hydrogen) atoms. The Morgan fingerprint density at radius 3 is 2.50 bits per heavy atom. The summed E-state index contributed by atoms with van der Waals surface area (Å²) in [5.74, 6) is -2.89. The molecule has 2 aromatic carbocycles. The van der Waals surface area contributed by atoms with Gasteiger partial charge in [-0.15, -0.1) is 11.3 Å². The highest BCUT2D eigenvalue weighted by molar-refractivity contribution is 7.19. The molecule has 1 amide bonds. The van der Waals surface area contributed by atoms with Gasteiger partial charge in [-0.05, 0) is 49.9 Å². The number of amides is 1. The van der Waals surface area contributed by atoms with Crippen molar-refractivity contribution in [3.63, 3.8) is 0 Å². The number of fused-ring (bicyclic) bond motifs is 1. The van der Waals surface area contributed by atoms with Crippen LogP contribution in [0.15, 0.2) is 60.4 Å². The van der Waals surface area contributed by atoms with Crippen LogP contribution in [0.4, 0.5) is 13.2 Å². The standard InChI is InChI=1S/C30H34F3N7O3S/c31-30(32,33)28(42)43-40-25(36-21-9-6-14-34-18-21)24(27-37-22-10-4-5-11-23(22)44-27)26(41)38-29(40)39-15-12-20(13-16-39)35-17-19-7-2-1-3-8-19/h1-5,7-8,10-11,20-21,29,34-36H,6,9,12-18H2,(H,38,41)/t21-,29?/m1/s1. The molecular formula is C30H34F3N7O3S. The number of halogens is 3. The molecule has 0 radical (unpaired) electrons. The summed E-state index contributed by atoms with van der Waals surface area (Å²) in [5.41, 5.74) is 1.83. The zero-order chi connectivity index (χ0) is 30.7. The van der Waals surface area contributed by atoms with Gasteiger partial charge in [0.1, 0.15) is 10.6 Å². The molecule has 0 aliphatic carbocycles. The van der Waals surface area contributed by atoms with Gasteiger partial charge in [0.25, 0.3) is 5.91 Å². The third kappa shape index (κ3) is 6.83. The zero-order valence-electron chi connectivity index (χ0n) is 23.9. The van der Waals surface area contributed by atoms with E-state index in [4.69, 9.17) is 4.84 Å². The predicted octanol–water partition coefficient (Wildman–Crippen LogP) is 3.30. The van der Waals surface area contributed by atoms with Crippen LogP contribution in [-0.4, -0.2) is 77.6 Å². The second kappa shape index (κ2) is 13.1. The summed E-state index contributed by atoms with van der Waals surface area (Å²) in [7, 11) is 0. The van der Waals surface area contributed by atoms with E-state index in [1.165, 1.54) is 11.3 Å². The van der Waals surface area contributed by atoms with Crippen molar-refractivity contribution in [3.8, 4) is 0 Å². The minimum atomic E-state index is -5.24. The number of thiazole rings is 1. The summed E-state index contributed by atoms with van der Waals surface area (Å²) in [6.07, 6.45) is -3.47. The van der Waals surface area contributed by atoms with Crippen molar-refractivity contribution in [1.82, 2.24) is 36.2 Å². The van der Waals surface area contributed by atoms with E-state index in [-0.39, 0.29) is 23.5 Å². The van der Waals surface area contributed by atoms with E-state index in [0.29, 0.717) is 49.5 Å². The van der Waals surface area contributed by atoms with Crippen LogP contribution in [0.1, 0.15) is 36.3 Å². The van der Waals surface area contributed by atoms with E-state index in [9.17, 15) is 22.8 Å². The average Bonchev–Trinajstić information content (AvgIpc) is 3.46. The number of likely N-dealkylation sites (tertiary alicyclic amines) is 1. The molecule has 0 bridgehead atoms. The highest BCUT2D eigenvalue weighted by Crippen LogP contribution is 2.34. The van der Waals surface area contributed by atoms with Gasteiger partial charge in [-0.25, -0.2) is 9.78 Å². The third-order valence-electron chi connectivity index (χ3n) is 8.04. The van der Waals surface area contributed by atoms with Crippen molar-refractivity contribution in [2.45, 2.75) is 56.8 Å². The van der Waals surface area contributed by atoms with E-state index in [0.717, 1.165) is 34.7 Å². The molecule has 6 rings (SSSR count). The third-order valence-corrected chi connectivity index (χ3v) is 9.09. The Kier molecular flexibility index (Phi) is 9.03. The van der Waals surface area contributed by atoms with Crippen molar-refractivity contribution in [2.24, 2.45) is 0 Å². The first-order valence-electron chi connectivity index (χ1n) is 14.7. The molecule has 2 saturated heterocycles. The SMILES string of the molecule is O=C1NC(N2CCC(NCc3ccccc3)CC2)N(OC(=O)C(F)(F)F)C(N[C@@H]2CCCNC2)=C1c1nc2ccccc2s1. The summed E-state index contributed by atoms with van der Waals surface area (Å²) < 4.78 is 41.6. The Labute approximate surface area is 256 Å². The quantitative estimate of drug-likeness (QED) is 0.299. The number of carbonyl (C=O) groups is 2. The van der Waals surface area contributed by atoms with Gasteiger partial charge in [-0.1, -0.05) is 42.5 Å². The number of aromatic nitrogens is 1. The van der Waals surface area contributed by atoms with Gasteiger partial charge in [-0.2, -0.15) is 18.2 Å². The first-order chi connectivity index (χ1) is 21.3. The number of alkyl halides is 3. The Hall–Kier alpha value is -3.72. The van der Waals surface area contributed by atoms with Gasteiger partial charge in [-0.3, -0.25) is 9.69 Å². The van der Waals surface area contributed by atoms with Crippen LogP contribution in [0.5, 0.6) is 0 Å². The molecule has 10 nitrogen and oxygen atoms in total. The minimum absolute atomic E-state index is 0.00608. The highest BCUT2D eigenvalue weighted by Gasteiger charge is 2.48. The summed E-state index contributed by atoms with van der Waals surface area (Å²) in [5, 5.41) is 14.1. The lowest BCUT2D eigenvalue weighted by Gasteiger charge is -2.46. The molecule has 3 aromatic rings. The largest absolute Gasteiger partial charge is 0.493 e. The highest BCUT2D eigenvalue weighted by atomic mass is 32.1. The molecule has 234 valence electrons. The lowest BCUT2D eigenvalue weighted by atomic mass is 10.0. The van der Waals surface area contributed by atoms with Gasteiger partial charge < -0.3 is 26.1 Å². The van der Waals surface area contributed by atoms with E-state index in [1.807, 2.05) is 53.4 Å². The van der Waals surface area contributed by atoms with Crippen LogP contribution in [0, 0.1) is 0 Å². The van der Waals surface area contributed by atoms with Gasteiger partial charge >= 0.3 is 12.1 Å². The molecule has 2 fully saturated rings. The van der Waals surface area contributed by atoms with Crippen molar-refractivity contribution >= 4 is 39.0 Å². The van der Waals surface area contributed by atoms with Crippen LogP contribution in [-0.2, 0) is 21.0 Å². The smallest absolute Gasteiger partial charge is 0.364 e. The number of hydroxylamine groups is 2. The second-order valence-electron chi connectivity index (χ2n) is 11.1. The summed E-state index contributed by atoms with van der Waals surface area (Å²) in [4.78, 5) is 37.7. The van der Waals surface area contributed by atoms with Gasteiger partial charge in [0, 0.05) is 38.3 Å². The summed E-state index contributed by atoms with van der Waals surface area (Å²) >= 11 is 1.24. The van der Waals surface area contributed by atoms with Crippen molar-refractivity contribution < 1.29 is 27.6 Å². The monoisotopic (exact) mass is 629 g/mol. The first kappa shape index (κ1) is 30.3. The zero-order valence-corrected chi connectivity index (χ0v) is 24.7. The fraction of sp³-hybridized carbons (Fsp3) is 0.433. The summed E-state index contributed by atoms with van der Waals surface area (Å²) in [6.45, 7) is 2.94. The number of piperidine rings is 2. The molecule has 2 atom stereocenters. The van der Waals surface area contributed by atoms with Crippen LogP contribution in [0.3, 0.4) is 0 Å². The lowest BCUT2D eigenvalue weighted by molar-refractivity contribution is -0.253. The van der Waals surface area contributed by atoms with Crippen molar-refractivity contribution in [2.75, 3.05) is 26.2 Å². The molecule has 0 saturated carbocycles. The predicted molar refractivity (Wildman–Crippen MR) is 159 cm³/mol. The Morgan fingerprint density at radius 2 is 1.80 bits per heavy atom. The number of para-hydroxylation sites is 1. The number of nitrogens with one attached hydrogen (secondary N) is 4. The molecule has 0 spiro atoms. The molecule has 1 unspecified atom stereocenters. The van der Waals surface area contributed by atoms with Crippen molar-refractivity contribution in [1.29, 1.82) is 0 Å². The molecule has 14 heteroatoms. The number of carbonyl (C=O) groups excluding carboxylic acids is 2. The molecule has 4 heterocycles. The number of hydrogen-bond donors (Lipinski definition) is 4.